The fourth-order valence-electron chi connectivity index (χ4n) is 4.36. The van der Waals surface area contributed by atoms with Crippen molar-refractivity contribution in [2.45, 2.75) is 31.8 Å². The van der Waals surface area contributed by atoms with Gasteiger partial charge in [0.1, 0.15) is 23.6 Å². The summed E-state index contributed by atoms with van der Waals surface area (Å²) in [5.74, 6) is -2.26. The number of hydrogen-bond acceptors (Lipinski definition) is 5. The average molecular weight is 347 g/mol. The van der Waals surface area contributed by atoms with E-state index in [9.17, 15) is 19.5 Å². The lowest BCUT2D eigenvalue weighted by atomic mass is 9.78. The Morgan fingerprint density at radius 1 is 1.24 bits per heavy atom. The third kappa shape index (κ3) is 2.33. The molecule has 0 bridgehead atoms. The maximum Gasteiger partial charge on any atom is 0.368 e. The van der Waals surface area contributed by atoms with Crippen LogP contribution < -0.4 is 5.32 Å². The molecule has 1 aromatic carbocycles. The monoisotopic (exact) mass is 347 g/mol. The van der Waals surface area contributed by atoms with Crippen LogP contribution in [0.4, 0.5) is 0 Å². The fourth-order valence-corrected chi connectivity index (χ4v) is 4.36. The number of ether oxygens (including phenoxy) is 1. The van der Waals surface area contributed by atoms with Gasteiger partial charge in [0.2, 0.25) is 17.4 Å². The van der Waals surface area contributed by atoms with Crippen molar-refractivity contribution in [3.63, 3.8) is 0 Å². The first-order chi connectivity index (χ1) is 11.9. The van der Waals surface area contributed by atoms with Gasteiger partial charge < -0.3 is 15.2 Å². The minimum absolute atomic E-state index is 0.122. The Balaban J connectivity index is 2.13. The van der Waals surface area contributed by atoms with Gasteiger partial charge in [0.25, 0.3) is 0 Å². The Labute approximate surface area is 146 Å². The lowest BCUT2D eigenvalue weighted by Crippen LogP contribution is -2.98. The van der Waals surface area contributed by atoms with Gasteiger partial charge in [-0.1, -0.05) is 6.92 Å². The summed E-state index contributed by atoms with van der Waals surface area (Å²) >= 11 is 0. The van der Waals surface area contributed by atoms with Crippen molar-refractivity contribution in [2.75, 3.05) is 13.7 Å². The average Bonchev–Trinajstić information content (AvgIpc) is 3.10. The number of likely N-dealkylation sites (tertiary alicyclic amines) is 1. The van der Waals surface area contributed by atoms with E-state index >= 15 is 0 Å². The number of hydrogen-bond donors (Lipinski definition) is 2. The first-order valence-corrected chi connectivity index (χ1v) is 8.49. The normalized spacial score (nSPS) is 31.3. The van der Waals surface area contributed by atoms with Crippen molar-refractivity contribution >= 4 is 17.8 Å². The molecule has 1 aromatic rings. The van der Waals surface area contributed by atoms with Gasteiger partial charge in [0.15, 0.2) is 0 Å². The predicted octanol–water partition coefficient (Wildman–Crippen LogP) is -0.0468. The molecule has 0 aromatic heterocycles. The lowest BCUT2D eigenvalue weighted by molar-refractivity contribution is -0.734. The van der Waals surface area contributed by atoms with Crippen LogP contribution in [0.5, 0.6) is 5.75 Å². The SMILES string of the molecule is CCN1C(=O)[C@@H]2[C@H](c3ccc(O)cc3)[NH2+][C@](CC)(C(=O)OC)[C@H]2C1=O. The topological polar surface area (TPSA) is 101 Å². The molecule has 0 spiro atoms. The number of phenols is 1. The van der Waals surface area contributed by atoms with Crippen LogP contribution in [0.2, 0.25) is 0 Å². The van der Waals surface area contributed by atoms with Gasteiger partial charge in [0, 0.05) is 18.5 Å². The van der Waals surface area contributed by atoms with Crippen molar-refractivity contribution in [2.24, 2.45) is 11.8 Å². The van der Waals surface area contributed by atoms with Crippen molar-refractivity contribution in [3.05, 3.63) is 29.8 Å². The zero-order valence-electron chi connectivity index (χ0n) is 14.6. The van der Waals surface area contributed by atoms with Crippen molar-refractivity contribution in [1.82, 2.24) is 4.90 Å². The number of methoxy groups -OCH3 is 1. The molecule has 0 radical (unpaired) electrons. The molecule has 2 aliphatic heterocycles. The summed E-state index contributed by atoms with van der Waals surface area (Å²) in [6.45, 7) is 3.87. The summed E-state index contributed by atoms with van der Waals surface area (Å²) in [6.07, 6.45) is 0.381. The minimum atomic E-state index is -1.11. The fraction of sp³-hybridized carbons (Fsp3) is 0.500. The molecular formula is C18H23N2O5+. The summed E-state index contributed by atoms with van der Waals surface area (Å²) in [6, 6.07) is 6.16. The molecule has 2 fully saturated rings. The number of imide groups is 1. The number of benzene rings is 1. The molecule has 25 heavy (non-hydrogen) atoms. The van der Waals surface area contributed by atoms with Gasteiger partial charge >= 0.3 is 5.97 Å². The Hall–Kier alpha value is -2.41. The van der Waals surface area contributed by atoms with E-state index in [1.165, 1.54) is 12.0 Å². The van der Waals surface area contributed by atoms with E-state index in [1.807, 2.05) is 12.2 Å². The van der Waals surface area contributed by atoms with Gasteiger partial charge in [-0.3, -0.25) is 14.5 Å². The van der Waals surface area contributed by atoms with Crippen LogP contribution in [-0.4, -0.2) is 47.0 Å². The van der Waals surface area contributed by atoms with E-state index in [4.69, 9.17) is 4.74 Å². The highest BCUT2D eigenvalue weighted by Crippen LogP contribution is 2.45. The second-order valence-electron chi connectivity index (χ2n) is 6.59. The van der Waals surface area contributed by atoms with Crippen LogP contribution >= 0.6 is 0 Å². The Kier molecular flexibility index (Phi) is 4.28. The third-order valence-corrected chi connectivity index (χ3v) is 5.61. The molecule has 2 heterocycles. The summed E-state index contributed by atoms with van der Waals surface area (Å²) in [4.78, 5) is 39.6. The maximum atomic E-state index is 12.9. The van der Waals surface area contributed by atoms with Crippen LogP contribution in [0.25, 0.3) is 0 Å². The third-order valence-electron chi connectivity index (χ3n) is 5.61. The number of phenolic OH excluding ortho intramolecular Hbond substituents is 1. The minimum Gasteiger partial charge on any atom is -0.508 e. The summed E-state index contributed by atoms with van der Waals surface area (Å²) in [5.41, 5.74) is -0.315. The van der Waals surface area contributed by atoms with E-state index in [0.29, 0.717) is 6.42 Å². The lowest BCUT2D eigenvalue weighted by Gasteiger charge is -2.27. The van der Waals surface area contributed by atoms with Gasteiger partial charge in [-0.2, -0.15) is 0 Å². The highest BCUT2D eigenvalue weighted by molar-refractivity contribution is 6.08. The second-order valence-corrected chi connectivity index (χ2v) is 6.59. The summed E-state index contributed by atoms with van der Waals surface area (Å²) in [7, 11) is 1.30. The van der Waals surface area contributed by atoms with Gasteiger partial charge in [-0.25, -0.2) is 4.79 Å². The predicted molar refractivity (Wildman–Crippen MR) is 87.2 cm³/mol. The number of carbonyl (C=O) groups excluding carboxylic acids is 3. The van der Waals surface area contributed by atoms with Crippen LogP contribution in [0.1, 0.15) is 31.9 Å². The molecule has 2 saturated heterocycles. The molecule has 0 saturated carbocycles. The van der Waals surface area contributed by atoms with Crippen molar-refractivity contribution in [3.8, 4) is 5.75 Å². The number of amides is 2. The van der Waals surface area contributed by atoms with Gasteiger partial charge in [0.05, 0.1) is 7.11 Å². The Bertz CT molecular complexity index is 717. The van der Waals surface area contributed by atoms with Crippen molar-refractivity contribution in [1.29, 1.82) is 0 Å². The van der Waals surface area contributed by atoms with Crippen LogP contribution in [0.3, 0.4) is 0 Å². The van der Waals surface area contributed by atoms with E-state index in [1.54, 1.807) is 31.2 Å². The Morgan fingerprint density at radius 2 is 1.88 bits per heavy atom. The second kappa shape index (κ2) is 6.15. The molecule has 2 aliphatic rings. The first-order valence-electron chi connectivity index (χ1n) is 8.49. The zero-order valence-corrected chi connectivity index (χ0v) is 14.6. The molecule has 0 unspecified atom stereocenters. The highest BCUT2D eigenvalue weighted by Gasteiger charge is 2.71. The van der Waals surface area contributed by atoms with Gasteiger partial charge in [-0.15, -0.1) is 0 Å². The number of nitrogens with zero attached hydrogens (tertiary/aromatic N) is 1. The molecule has 2 amide bonds. The largest absolute Gasteiger partial charge is 0.508 e. The number of esters is 1. The number of nitrogens with two attached hydrogens (primary N) is 1. The standard InChI is InChI=1S/C18H22N2O5/c1-4-18(17(24)25-3)13-12(15(22)20(5-2)16(13)23)14(19-18)10-6-8-11(21)9-7-10/h6-9,12-14,19,21H,4-5H2,1-3H3/p+1/t12-,13+,14-,18-/m0/s1. The van der Waals surface area contributed by atoms with E-state index in [0.717, 1.165) is 5.56 Å². The molecule has 7 nitrogen and oxygen atoms in total. The summed E-state index contributed by atoms with van der Waals surface area (Å²) < 4.78 is 5.00. The number of rotatable bonds is 4. The first kappa shape index (κ1) is 17.4. The van der Waals surface area contributed by atoms with E-state index in [-0.39, 0.29) is 30.2 Å². The molecule has 4 atom stereocenters. The number of fused-ring (bicyclic) bond motifs is 1. The quantitative estimate of drug-likeness (QED) is 0.588. The number of carbonyl (C=O) groups is 3. The maximum absolute atomic E-state index is 12.9. The van der Waals surface area contributed by atoms with Crippen molar-refractivity contribution < 1.29 is 29.5 Å². The highest BCUT2D eigenvalue weighted by atomic mass is 16.5. The van der Waals surface area contributed by atoms with E-state index < -0.39 is 23.3 Å². The Morgan fingerprint density at radius 3 is 2.40 bits per heavy atom. The summed E-state index contributed by atoms with van der Waals surface area (Å²) in [5, 5.41) is 11.3. The smallest absolute Gasteiger partial charge is 0.368 e. The van der Waals surface area contributed by atoms with Crippen LogP contribution in [0.15, 0.2) is 24.3 Å². The molecule has 3 rings (SSSR count). The number of quaternary nitrogens is 1. The van der Waals surface area contributed by atoms with Gasteiger partial charge in [-0.05, 0) is 31.2 Å². The van der Waals surface area contributed by atoms with Crippen LogP contribution in [-0.2, 0) is 19.1 Å². The molecule has 3 N–H and O–H groups in total. The molecule has 7 heteroatoms. The molecule has 0 aliphatic carbocycles. The molecule has 134 valence electrons. The number of aromatic hydroxyl groups is 1. The molecular weight excluding hydrogens is 324 g/mol. The van der Waals surface area contributed by atoms with Crippen LogP contribution in [0, 0.1) is 11.8 Å². The zero-order chi connectivity index (χ0) is 18.4. The van der Waals surface area contributed by atoms with E-state index in [2.05, 4.69) is 0 Å².